The maximum absolute atomic E-state index is 13.0. The normalized spacial score (nSPS) is 17.7. The van der Waals surface area contributed by atoms with Crippen LogP contribution in [0.15, 0.2) is 78.4 Å². The van der Waals surface area contributed by atoms with Crippen molar-refractivity contribution < 1.29 is 24.5 Å². The van der Waals surface area contributed by atoms with Crippen LogP contribution < -0.4 is 9.64 Å². The van der Waals surface area contributed by atoms with E-state index in [4.69, 9.17) is 16.3 Å². The largest absolute Gasteiger partial charge is 0.508 e. The number of anilines is 1. The van der Waals surface area contributed by atoms with Crippen molar-refractivity contribution in [3.63, 3.8) is 0 Å². The Kier molecular flexibility index (Phi) is 5.40. The Labute approximate surface area is 183 Å². The standard InChI is InChI=1S/C24H18ClNO5/c1-31-19-12-9-15(13-18(19)25)22(28)20-21(14-7-10-17(27)11-8-14)26(24(30)23(20)29)16-5-3-2-4-6-16/h2-13,21,27-28H,1H3/b22-20-. The number of halogens is 1. The van der Waals surface area contributed by atoms with Gasteiger partial charge in [0, 0.05) is 11.3 Å². The first-order valence-corrected chi connectivity index (χ1v) is 9.79. The number of hydrogen-bond acceptors (Lipinski definition) is 5. The van der Waals surface area contributed by atoms with Crippen molar-refractivity contribution in [3.05, 3.63) is 94.5 Å². The van der Waals surface area contributed by atoms with Gasteiger partial charge in [0.15, 0.2) is 0 Å². The molecule has 1 heterocycles. The van der Waals surface area contributed by atoms with Gasteiger partial charge in [-0.1, -0.05) is 41.9 Å². The van der Waals surface area contributed by atoms with Gasteiger partial charge in [0.25, 0.3) is 11.7 Å². The second-order valence-electron chi connectivity index (χ2n) is 6.95. The van der Waals surface area contributed by atoms with Gasteiger partial charge in [0.1, 0.15) is 17.3 Å². The van der Waals surface area contributed by atoms with E-state index in [0.29, 0.717) is 17.0 Å². The summed E-state index contributed by atoms with van der Waals surface area (Å²) >= 11 is 6.19. The second-order valence-corrected chi connectivity index (χ2v) is 7.35. The molecule has 1 fully saturated rings. The molecule has 0 aromatic heterocycles. The maximum atomic E-state index is 13.0. The van der Waals surface area contributed by atoms with E-state index in [-0.39, 0.29) is 27.7 Å². The number of hydrogen-bond donors (Lipinski definition) is 2. The summed E-state index contributed by atoms with van der Waals surface area (Å²) in [7, 11) is 1.47. The number of benzene rings is 3. The van der Waals surface area contributed by atoms with E-state index < -0.39 is 17.7 Å². The fourth-order valence-electron chi connectivity index (χ4n) is 3.63. The summed E-state index contributed by atoms with van der Waals surface area (Å²) in [5.41, 5.74) is 1.28. The molecule has 3 aromatic rings. The number of rotatable bonds is 4. The van der Waals surface area contributed by atoms with Crippen LogP contribution >= 0.6 is 11.6 Å². The van der Waals surface area contributed by atoms with Crippen molar-refractivity contribution in [2.45, 2.75) is 6.04 Å². The van der Waals surface area contributed by atoms with Gasteiger partial charge in [-0.25, -0.2) is 0 Å². The summed E-state index contributed by atoms with van der Waals surface area (Å²) in [4.78, 5) is 27.4. The zero-order valence-corrected chi connectivity index (χ0v) is 17.2. The number of carbonyl (C=O) groups is 2. The number of ketones is 1. The van der Waals surface area contributed by atoms with Gasteiger partial charge < -0.3 is 14.9 Å². The minimum absolute atomic E-state index is 0.0438. The van der Waals surface area contributed by atoms with E-state index in [2.05, 4.69) is 0 Å². The van der Waals surface area contributed by atoms with Crippen LogP contribution in [-0.2, 0) is 9.59 Å². The van der Waals surface area contributed by atoms with Gasteiger partial charge in [-0.15, -0.1) is 0 Å². The highest BCUT2D eigenvalue weighted by Gasteiger charge is 2.46. The van der Waals surface area contributed by atoms with Gasteiger partial charge in [0.2, 0.25) is 0 Å². The molecule has 0 radical (unpaired) electrons. The molecular weight excluding hydrogens is 418 g/mol. The average Bonchev–Trinajstić information content (AvgIpc) is 3.05. The van der Waals surface area contributed by atoms with E-state index in [1.807, 2.05) is 0 Å². The van der Waals surface area contributed by atoms with Gasteiger partial charge >= 0.3 is 0 Å². The Bertz CT molecular complexity index is 1190. The average molecular weight is 436 g/mol. The minimum Gasteiger partial charge on any atom is -0.508 e. The molecular formula is C24H18ClNO5. The fraction of sp³-hybridized carbons (Fsp3) is 0.0833. The zero-order chi connectivity index (χ0) is 22.1. The number of carbonyl (C=O) groups excluding carboxylic acids is 2. The van der Waals surface area contributed by atoms with Crippen LogP contribution in [0.5, 0.6) is 11.5 Å². The first-order valence-electron chi connectivity index (χ1n) is 9.41. The fourth-order valence-corrected chi connectivity index (χ4v) is 3.89. The summed E-state index contributed by atoms with van der Waals surface area (Å²) in [5, 5.41) is 21.0. The summed E-state index contributed by atoms with van der Waals surface area (Å²) in [6, 6.07) is 18.6. The third kappa shape index (κ3) is 3.62. The molecule has 0 aliphatic carbocycles. The lowest BCUT2D eigenvalue weighted by molar-refractivity contribution is -0.132. The van der Waals surface area contributed by atoms with Crippen molar-refractivity contribution in [1.29, 1.82) is 0 Å². The smallest absolute Gasteiger partial charge is 0.300 e. The molecule has 0 saturated carbocycles. The molecule has 1 amide bonds. The number of phenolic OH excluding ortho intramolecular Hbond substituents is 1. The van der Waals surface area contributed by atoms with E-state index in [0.717, 1.165) is 0 Å². The van der Waals surface area contributed by atoms with Crippen LogP contribution in [0.1, 0.15) is 17.2 Å². The number of aliphatic hydroxyl groups is 1. The van der Waals surface area contributed by atoms with Gasteiger partial charge in [0.05, 0.1) is 23.7 Å². The number of methoxy groups -OCH3 is 1. The van der Waals surface area contributed by atoms with Gasteiger partial charge in [-0.05, 0) is 48.0 Å². The highest BCUT2D eigenvalue weighted by Crippen LogP contribution is 2.42. The van der Waals surface area contributed by atoms with Gasteiger partial charge in [-0.2, -0.15) is 0 Å². The van der Waals surface area contributed by atoms with Crippen molar-refractivity contribution >= 4 is 34.7 Å². The molecule has 0 spiro atoms. The topological polar surface area (TPSA) is 87.1 Å². The molecule has 1 aliphatic heterocycles. The summed E-state index contributed by atoms with van der Waals surface area (Å²) in [6.45, 7) is 0. The summed E-state index contributed by atoms with van der Waals surface area (Å²) in [5.74, 6) is -1.46. The molecule has 7 heteroatoms. The molecule has 3 aromatic carbocycles. The Morgan fingerprint density at radius 3 is 2.29 bits per heavy atom. The number of Topliss-reactive ketones (excluding diaryl/α,β-unsaturated/α-hetero) is 1. The lowest BCUT2D eigenvalue weighted by atomic mass is 9.95. The van der Waals surface area contributed by atoms with E-state index >= 15 is 0 Å². The molecule has 6 nitrogen and oxygen atoms in total. The third-order valence-electron chi connectivity index (χ3n) is 5.11. The van der Waals surface area contributed by atoms with Crippen LogP contribution in [-0.4, -0.2) is 29.0 Å². The molecule has 1 atom stereocenters. The number of phenols is 1. The number of nitrogens with zero attached hydrogens (tertiary/aromatic N) is 1. The Morgan fingerprint density at radius 2 is 1.68 bits per heavy atom. The lowest BCUT2D eigenvalue weighted by Crippen LogP contribution is -2.29. The minimum atomic E-state index is -0.885. The van der Waals surface area contributed by atoms with Crippen LogP contribution in [0.4, 0.5) is 5.69 Å². The first kappa shape index (κ1) is 20.5. The first-order chi connectivity index (χ1) is 14.9. The Hall–Kier alpha value is -3.77. The highest BCUT2D eigenvalue weighted by molar-refractivity contribution is 6.51. The van der Waals surface area contributed by atoms with Gasteiger partial charge in [-0.3, -0.25) is 14.5 Å². The van der Waals surface area contributed by atoms with Crippen LogP contribution in [0, 0.1) is 0 Å². The number of para-hydroxylation sites is 1. The highest BCUT2D eigenvalue weighted by atomic mass is 35.5. The lowest BCUT2D eigenvalue weighted by Gasteiger charge is -2.25. The second kappa shape index (κ2) is 8.16. The molecule has 4 rings (SSSR count). The molecule has 0 bridgehead atoms. The molecule has 31 heavy (non-hydrogen) atoms. The number of aromatic hydroxyl groups is 1. The predicted octanol–water partition coefficient (Wildman–Crippen LogP) is 4.68. The zero-order valence-electron chi connectivity index (χ0n) is 16.4. The summed E-state index contributed by atoms with van der Waals surface area (Å²) in [6.07, 6.45) is 0. The molecule has 1 aliphatic rings. The number of amides is 1. The van der Waals surface area contributed by atoms with E-state index in [1.165, 1.54) is 30.2 Å². The van der Waals surface area contributed by atoms with Crippen molar-refractivity contribution in [2.75, 3.05) is 12.0 Å². The summed E-state index contributed by atoms with van der Waals surface area (Å²) < 4.78 is 5.14. The molecule has 1 unspecified atom stereocenters. The number of aliphatic hydroxyl groups excluding tert-OH is 1. The van der Waals surface area contributed by atoms with E-state index in [9.17, 15) is 19.8 Å². The van der Waals surface area contributed by atoms with Crippen LogP contribution in [0.2, 0.25) is 5.02 Å². The molecule has 2 N–H and O–H groups in total. The predicted molar refractivity (Wildman–Crippen MR) is 117 cm³/mol. The van der Waals surface area contributed by atoms with Crippen molar-refractivity contribution in [1.82, 2.24) is 0 Å². The van der Waals surface area contributed by atoms with Crippen molar-refractivity contribution in [2.24, 2.45) is 0 Å². The van der Waals surface area contributed by atoms with E-state index in [1.54, 1.807) is 54.6 Å². The maximum Gasteiger partial charge on any atom is 0.300 e. The van der Waals surface area contributed by atoms with Crippen LogP contribution in [0.25, 0.3) is 5.76 Å². The third-order valence-corrected chi connectivity index (χ3v) is 5.41. The SMILES string of the molecule is COc1ccc(/C(O)=C2/C(=O)C(=O)N(c3ccccc3)C2c2ccc(O)cc2)cc1Cl. The quantitative estimate of drug-likeness (QED) is 0.353. The number of ether oxygens (including phenoxy) is 1. The Balaban J connectivity index is 1.93. The van der Waals surface area contributed by atoms with Crippen LogP contribution in [0.3, 0.4) is 0 Å². The van der Waals surface area contributed by atoms with Crippen molar-refractivity contribution in [3.8, 4) is 11.5 Å². The monoisotopic (exact) mass is 435 g/mol. The molecule has 156 valence electrons. The molecule has 1 saturated heterocycles. The Morgan fingerprint density at radius 1 is 1.00 bits per heavy atom.